The van der Waals surface area contributed by atoms with Crippen LogP contribution in [0.25, 0.3) is 11.0 Å². The van der Waals surface area contributed by atoms with Crippen molar-refractivity contribution in [2.24, 2.45) is 0 Å². The molecule has 0 amide bonds. The van der Waals surface area contributed by atoms with Crippen molar-refractivity contribution in [2.45, 2.75) is 37.0 Å². The number of likely N-dealkylation sites (N-methyl/N-ethyl adjacent to an activating group) is 1. The van der Waals surface area contributed by atoms with E-state index in [1.54, 1.807) is 10.5 Å². The first-order valence-electron chi connectivity index (χ1n) is 15.5. The van der Waals surface area contributed by atoms with E-state index in [0.29, 0.717) is 59.9 Å². The normalized spacial score (nSPS) is 20.0. The summed E-state index contributed by atoms with van der Waals surface area (Å²) in [5.41, 5.74) is 3.11. The molecule has 3 aliphatic rings. The molecule has 0 unspecified atom stereocenters. The minimum Gasteiger partial charge on any atom is -0.369 e. The largest absolute Gasteiger partial charge is 0.369 e. The van der Waals surface area contributed by atoms with E-state index in [4.69, 9.17) is 4.98 Å². The number of piperazine rings is 1. The van der Waals surface area contributed by atoms with Crippen LogP contribution in [0.1, 0.15) is 41.6 Å². The number of ketones is 1. The number of piperidine rings is 1. The van der Waals surface area contributed by atoms with Gasteiger partial charge in [-0.15, -0.1) is 0 Å². The molecule has 0 radical (unpaired) electrons. The molecule has 11 nitrogen and oxygen atoms in total. The molecule has 1 aliphatic carbocycles. The molecule has 45 heavy (non-hydrogen) atoms. The van der Waals surface area contributed by atoms with Crippen LogP contribution in [0, 0.1) is 5.82 Å². The van der Waals surface area contributed by atoms with Gasteiger partial charge < -0.3 is 25.4 Å². The predicted octanol–water partition coefficient (Wildman–Crippen LogP) is 4.19. The number of nitrogens with one attached hydrogen (secondary N) is 3. The van der Waals surface area contributed by atoms with Crippen molar-refractivity contribution < 1.29 is 17.6 Å². The lowest BCUT2D eigenvalue weighted by atomic mass is 10.0. The van der Waals surface area contributed by atoms with Gasteiger partial charge in [0.15, 0.2) is 5.78 Å². The Morgan fingerprint density at radius 1 is 0.956 bits per heavy atom. The van der Waals surface area contributed by atoms with Crippen molar-refractivity contribution >= 4 is 50.0 Å². The number of hydrogen-bond donors (Lipinski definition) is 3. The second-order valence-corrected chi connectivity index (χ2v) is 14.4. The summed E-state index contributed by atoms with van der Waals surface area (Å²) in [6, 6.07) is 13.4. The zero-order valence-corrected chi connectivity index (χ0v) is 26.0. The first-order chi connectivity index (χ1) is 21.7. The maximum absolute atomic E-state index is 13.6. The van der Waals surface area contributed by atoms with Gasteiger partial charge in [-0.05, 0) is 81.3 Å². The summed E-state index contributed by atoms with van der Waals surface area (Å²) in [6.45, 7) is 4.83. The molecule has 13 heteroatoms. The van der Waals surface area contributed by atoms with Gasteiger partial charge in [-0.3, -0.25) is 4.79 Å². The van der Waals surface area contributed by atoms with Crippen LogP contribution in [0.4, 0.5) is 27.5 Å². The second-order valence-electron chi connectivity index (χ2n) is 12.2. The highest BCUT2D eigenvalue weighted by Gasteiger charge is 2.41. The number of hydrogen-bond acceptors (Lipinski definition) is 9. The number of benzene rings is 2. The highest BCUT2D eigenvalue weighted by molar-refractivity contribution is 7.90. The van der Waals surface area contributed by atoms with Gasteiger partial charge in [-0.25, -0.2) is 12.8 Å². The quantitative estimate of drug-likeness (QED) is 0.233. The molecule has 2 aromatic carbocycles. The van der Waals surface area contributed by atoms with Crippen LogP contribution < -0.4 is 15.5 Å². The fourth-order valence-electron chi connectivity index (χ4n) is 6.14. The van der Waals surface area contributed by atoms with E-state index in [-0.39, 0.29) is 17.1 Å². The van der Waals surface area contributed by atoms with E-state index in [9.17, 15) is 17.6 Å². The molecular weight excluding hydrogens is 595 g/mol. The third kappa shape index (κ3) is 6.24. The molecule has 2 aliphatic heterocycles. The maximum atomic E-state index is 13.6. The van der Waals surface area contributed by atoms with Crippen LogP contribution in [0.5, 0.6) is 0 Å². The Labute approximate surface area is 261 Å². The molecule has 1 saturated carbocycles. The number of anilines is 4. The van der Waals surface area contributed by atoms with Crippen molar-refractivity contribution in [3.05, 3.63) is 71.7 Å². The van der Waals surface area contributed by atoms with E-state index in [1.165, 1.54) is 24.3 Å². The van der Waals surface area contributed by atoms with Crippen LogP contribution in [-0.4, -0.2) is 96.0 Å². The number of aromatic amines is 1. The maximum Gasteiger partial charge on any atom is 0.231 e. The fourth-order valence-corrected chi connectivity index (χ4v) is 8.06. The van der Waals surface area contributed by atoms with Crippen molar-refractivity contribution in [1.29, 1.82) is 0 Å². The fraction of sp³-hybridized carbons (Fsp3) is 0.406. The number of sulfonamides is 1. The molecule has 0 spiro atoms. The second kappa shape index (κ2) is 12.0. The third-order valence-corrected chi connectivity index (χ3v) is 11.3. The lowest BCUT2D eigenvalue weighted by molar-refractivity contribution is 0.104. The van der Waals surface area contributed by atoms with Crippen LogP contribution >= 0.6 is 0 Å². The number of carbonyl (C=O) groups excluding carboxylic acids is 1. The Bertz CT molecular complexity index is 1800. The third-order valence-electron chi connectivity index (χ3n) is 8.90. The number of halogens is 1. The molecular formula is C32H37FN8O3S. The zero-order chi connectivity index (χ0) is 31.1. The van der Waals surface area contributed by atoms with Crippen LogP contribution in [0.15, 0.2) is 54.7 Å². The van der Waals surface area contributed by atoms with Gasteiger partial charge in [0.25, 0.3) is 0 Å². The molecule has 4 aromatic rings. The SMILES string of the molecule is CN1CCN(c2ccc(Nc3nc(N[C@H]4CCCN(S(=O)(=O)C5CC5)C4)c4c(C(=O)c5ccc(F)cc5)c[nH]c4n3)cc2)CC1. The highest BCUT2D eigenvalue weighted by Crippen LogP contribution is 2.34. The standard InChI is InChI=1S/C32H37FN8O3S/c1-39-15-17-40(18-16-39)25-10-8-23(9-11-25)36-32-37-30-28(27(19-34-30)29(42)21-4-6-22(33)7-5-21)31(38-32)35-24-3-2-14-41(20-24)45(43,44)26-12-13-26/h4-11,19,24,26H,2-3,12-18,20H2,1H3,(H3,34,35,36,37,38)/t24-/m0/s1. The van der Waals surface area contributed by atoms with Crippen molar-refractivity contribution in [3.8, 4) is 0 Å². The van der Waals surface area contributed by atoms with Crippen LogP contribution in [0.3, 0.4) is 0 Å². The number of aromatic nitrogens is 3. The highest BCUT2D eigenvalue weighted by atomic mass is 32.2. The number of rotatable bonds is 9. The Kier molecular flexibility index (Phi) is 7.92. The van der Waals surface area contributed by atoms with Crippen LogP contribution in [-0.2, 0) is 10.0 Å². The molecule has 3 fully saturated rings. The summed E-state index contributed by atoms with van der Waals surface area (Å²) in [7, 11) is -1.18. The number of H-pyrrole nitrogens is 1. The minimum absolute atomic E-state index is 0.204. The molecule has 7 rings (SSSR count). The monoisotopic (exact) mass is 632 g/mol. The Morgan fingerprint density at radius 3 is 2.40 bits per heavy atom. The van der Waals surface area contributed by atoms with Gasteiger partial charge in [0.1, 0.15) is 17.3 Å². The summed E-state index contributed by atoms with van der Waals surface area (Å²) in [5, 5.41) is 7.00. The first-order valence-corrected chi connectivity index (χ1v) is 17.0. The molecule has 1 atom stereocenters. The van der Waals surface area contributed by atoms with Gasteiger partial charge in [-0.2, -0.15) is 14.3 Å². The lowest BCUT2D eigenvalue weighted by Crippen LogP contribution is -2.46. The molecule has 4 heterocycles. The molecule has 2 aromatic heterocycles. The van der Waals surface area contributed by atoms with Gasteiger partial charge in [0.05, 0.1) is 16.2 Å². The number of fused-ring (bicyclic) bond motifs is 1. The van der Waals surface area contributed by atoms with Gasteiger partial charge in [0, 0.05) is 68.4 Å². The average molecular weight is 633 g/mol. The van der Waals surface area contributed by atoms with Gasteiger partial charge in [0.2, 0.25) is 16.0 Å². The van der Waals surface area contributed by atoms with Gasteiger partial charge >= 0.3 is 0 Å². The molecule has 3 N–H and O–H groups in total. The summed E-state index contributed by atoms with van der Waals surface area (Å²) in [4.78, 5) is 30.9. The molecule has 0 bridgehead atoms. The summed E-state index contributed by atoms with van der Waals surface area (Å²) in [6.07, 6.45) is 4.50. The Morgan fingerprint density at radius 2 is 1.69 bits per heavy atom. The summed E-state index contributed by atoms with van der Waals surface area (Å²) >= 11 is 0. The minimum atomic E-state index is -3.32. The van der Waals surface area contributed by atoms with E-state index >= 15 is 0 Å². The van der Waals surface area contributed by atoms with E-state index < -0.39 is 15.8 Å². The van der Waals surface area contributed by atoms with Gasteiger partial charge in [-0.1, -0.05) is 0 Å². The lowest BCUT2D eigenvalue weighted by Gasteiger charge is -2.34. The number of carbonyl (C=O) groups is 1. The van der Waals surface area contributed by atoms with Crippen molar-refractivity contribution in [2.75, 3.05) is 61.8 Å². The predicted molar refractivity (Wildman–Crippen MR) is 173 cm³/mol. The average Bonchev–Trinajstić information content (AvgIpc) is 3.83. The Hall–Kier alpha value is -4.07. The number of nitrogens with zero attached hydrogens (tertiary/aromatic N) is 5. The van der Waals surface area contributed by atoms with E-state index in [2.05, 4.69) is 49.6 Å². The van der Waals surface area contributed by atoms with E-state index in [1.807, 2.05) is 12.1 Å². The summed E-state index contributed by atoms with van der Waals surface area (Å²) < 4.78 is 41.2. The van der Waals surface area contributed by atoms with Crippen LogP contribution in [0.2, 0.25) is 0 Å². The topological polar surface area (TPSA) is 127 Å². The van der Waals surface area contributed by atoms with Crippen molar-refractivity contribution in [1.82, 2.24) is 24.2 Å². The summed E-state index contributed by atoms with van der Waals surface area (Å²) in [5.74, 6) is 0.0401. The zero-order valence-electron chi connectivity index (χ0n) is 25.2. The molecule has 2 saturated heterocycles. The van der Waals surface area contributed by atoms with E-state index in [0.717, 1.165) is 50.4 Å². The first kappa shape index (κ1) is 29.6. The molecule has 236 valence electrons. The Balaban J connectivity index is 1.19. The van der Waals surface area contributed by atoms with Crippen molar-refractivity contribution in [3.63, 3.8) is 0 Å². The smallest absolute Gasteiger partial charge is 0.231 e.